The van der Waals surface area contributed by atoms with Crippen LogP contribution in [0.3, 0.4) is 0 Å². The van der Waals surface area contributed by atoms with Gasteiger partial charge in [-0.15, -0.1) is 11.6 Å². The zero-order valence-electron chi connectivity index (χ0n) is 7.15. The molecule has 1 aliphatic carbocycles. The molecule has 65 valence electrons. The molecule has 0 fully saturated rings. The van der Waals surface area contributed by atoms with Gasteiger partial charge in [0.2, 0.25) is 0 Å². The summed E-state index contributed by atoms with van der Waals surface area (Å²) in [7, 11) is 0. The molecule has 0 unspecified atom stereocenters. The summed E-state index contributed by atoms with van der Waals surface area (Å²) in [5, 5.41) is 0.798. The Hall–Kier alpha value is -1.01. The van der Waals surface area contributed by atoms with Crippen LogP contribution in [0.15, 0.2) is 54.6 Å². The molecular weight excluding hydrogens is 180 g/mol. The lowest BCUT2D eigenvalue weighted by Gasteiger charge is -2.12. The zero-order valence-corrected chi connectivity index (χ0v) is 7.91. The van der Waals surface area contributed by atoms with Gasteiger partial charge in [-0.1, -0.05) is 54.6 Å². The van der Waals surface area contributed by atoms with Crippen LogP contribution >= 0.6 is 11.6 Å². The summed E-state index contributed by atoms with van der Waals surface area (Å²) in [6.45, 7) is 0. The fourth-order valence-corrected chi connectivity index (χ4v) is 1.55. The van der Waals surface area contributed by atoms with Crippen molar-refractivity contribution in [1.82, 2.24) is 0 Å². The molecule has 1 radical (unpaired) electrons. The van der Waals surface area contributed by atoms with Crippen LogP contribution in [0, 0.1) is 5.38 Å². The Morgan fingerprint density at radius 2 is 1.54 bits per heavy atom. The Morgan fingerprint density at radius 3 is 2.15 bits per heavy atom. The zero-order chi connectivity index (χ0) is 9.10. The van der Waals surface area contributed by atoms with E-state index in [4.69, 9.17) is 11.6 Å². The number of rotatable bonds is 1. The first-order chi connectivity index (χ1) is 6.36. The van der Waals surface area contributed by atoms with Gasteiger partial charge in [0.15, 0.2) is 0 Å². The highest BCUT2D eigenvalue weighted by molar-refractivity contribution is 6.30. The van der Waals surface area contributed by atoms with Gasteiger partial charge in [-0.05, 0) is 5.56 Å². The largest absolute Gasteiger partial charge is 0.108 e. The van der Waals surface area contributed by atoms with Gasteiger partial charge in [-0.3, -0.25) is 0 Å². The fraction of sp³-hybridized carbons (Fsp3) is 0.0833. The Labute approximate surface area is 83.5 Å². The van der Waals surface area contributed by atoms with Gasteiger partial charge in [0, 0.05) is 5.92 Å². The molecule has 1 aromatic rings. The molecule has 2 rings (SSSR count). The van der Waals surface area contributed by atoms with Crippen LogP contribution in [0.5, 0.6) is 0 Å². The van der Waals surface area contributed by atoms with E-state index in [1.165, 1.54) is 5.56 Å². The predicted molar refractivity (Wildman–Crippen MR) is 56.6 cm³/mol. The Bertz CT molecular complexity index is 310. The molecule has 1 heteroatoms. The Morgan fingerprint density at radius 1 is 0.923 bits per heavy atom. The number of benzene rings is 1. The van der Waals surface area contributed by atoms with Crippen molar-refractivity contribution in [3.63, 3.8) is 0 Å². The first-order valence-electron chi connectivity index (χ1n) is 4.30. The van der Waals surface area contributed by atoms with Crippen molar-refractivity contribution in [3.05, 3.63) is 65.6 Å². The van der Waals surface area contributed by atoms with E-state index in [9.17, 15) is 0 Å². The molecule has 0 heterocycles. The normalized spacial score (nSPS) is 17.9. The highest BCUT2D eigenvalue weighted by atomic mass is 35.5. The van der Waals surface area contributed by atoms with Crippen LogP contribution in [0.25, 0.3) is 0 Å². The third kappa shape index (κ3) is 2.02. The van der Waals surface area contributed by atoms with Gasteiger partial charge < -0.3 is 0 Å². The summed E-state index contributed by atoms with van der Waals surface area (Å²) in [6, 6.07) is 10.4. The van der Waals surface area contributed by atoms with E-state index >= 15 is 0 Å². The molecule has 0 spiro atoms. The molecule has 0 aliphatic heterocycles. The van der Waals surface area contributed by atoms with Crippen molar-refractivity contribution in [2.24, 2.45) is 0 Å². The maximum atomic E-state index is 5.81. The smallest absolute Gasteiger partial charge is 0.107 e. The number of allylic oxidation sites excluding steroid dienone is 4. The van der Waals surface area contributed by atoms with Crippen molar-refractivity contribution in [2.75, 3.05) is 0 Å². The minimum atomic E-state index is 0.378. The Balaban J connectivity index is 2.20. The molecule has 0 saturated carbocycles. The predicted octanol–water partition coefficient (Wildman–Crippen LogP) is 3.67. The molecule has 0 nitrogen and oxygen atoms in total. The van der Waals surface area contributed by atoms with Gasteiger partial charge >= 0.3 is 0 Å². The SMILES string of the molecule is Cl[C]1C=CC(c2ccccc2)C=C1. The van der Waals surface area contributed by atoms with E-state index in [0.717, 1.165) is 5.38 Å². The molecule has 0 bridgehead atoms. The molecule has 0 aromatic heterocycles. The van der Waals surface area contributed by atoms with Gasteiger partial charge in [0.1, 0.15) is 5.38 Å². The molecular formula is C12H10Cl. The lowest BCUT2D eigenvalue weighted by molar-refractivity contribution is 1.06. The summed E-state index contributed by atoms with van der Waals surface area (Å²) < 4.78 is 0. The molecule has 0 atom stereocenters. The number of halogens is 1. The molecule has 13 heavy (non-hydrogen) atoms. The van der Waals surface area contributed by atoms with Crippen LogP contribution in [0.2, 0.25) is 0 Å². The van der Waals surface area contributed by atoms with Crippen LogP contribution < -0.4 is 0 Å². The van der Waals surface area contributed by atoms with Gasteiger partial charge in [-0.2, -0.15) is 0 Å². The van der Waals surface area contributed by atoms with E-state index in [1.807, 2.05) is 18.2 Å². The van der Waals surface area contributed by atoms with E-state index in [-0.39, 0.29) is 0 Å². The van der Waals surface area contributed by atoms with E-state index < -0.39 is 0 Å². The van der Waals surface area contributed by atoms with E-state index in [0.29, 0.717) is 5.92 Å². The molecule has 1 aliphatic rings. The quantitative estimate of drug-likeness (QED) is 0.633. The van der Waals surface area contributed by atoms with Crippen molar-refractivity contribution in [2.45, 2.75) is 5.92 Å². The molecule has 1 aromatic carbocycles. The molecule has 0 amide bonds. The lowest BCUT2D eigenvalue weighted by Crippen LogP contribution is -1.95. The van der Waals surface area contributed by atoms with Crippen molar-refractivity contribution in [1.29, 1.82) is 0 Å². The first-order valence-corrected chi connectivity index (χ1v) is 4.68. The van der Waals surface area contributed by atoms with Crippen LogP contribution in [-0.4, -0.2) is 0 Å². The number of hydrogen-bond donors (Lipinski definition) is 0. The average molecular weight is 190 g/mol. The topological polar surface area (TPSA) is 0 Å². The summed E-state index contributed by atoms with van der Waals surface area (Å²) in [6.07, 6.45) is 8.10. The minimum absolute atomic E-state index is 0.378. The highest BCUT2D eigenvalue weighted by Gasteiger charge is 2.08. The summed E-state index contributed by atoms with van der Waals surface area (Å²) in [5.41, 5.74) is 1.30. The standard InChI is InChI=1S/C12H10Cl/c13-12-8-6-11(7-9-12)10-4-2-1-3-5-10/h1-9,11H. The fourth-order valence-electron chi connectivity index (χ4n) is 1.41. The van der Waals surface area contributed by atoms with Gasteiger partial charge in [0.05, 0.1) is 0 Å². The van der Waals surface area contributed by atoms with E-state index in [1.54, 1.807) is 0 Å². The third-order valence-electron chi connectivity index (χ3n) is 2.11. The van der Waals surface area contributed by atoms with Crippen molar-refractivity contribution >= 4 is 11.6 Å². The van der Waals surface area contributed by atoms with E-state index in [2.05, 4.69) is 36.4 Å². The second-order valence-electron chi connectivity index (χ2n) is 3.04. The Kier molecular flexibility index (Phi) is 2.51. The minimum Gasteiger partial charge on any atom is -0.108 e. The molecule has 0 N–H and O–H groups in total. The highest BCUT2D eigenvalue weighted by Crippen LogP contribution is 2.26. The average Bonchev–Trinajstić information content (AvgIpc) is 2.20. The summed E-state index contributed by atoms with van der Waals surface area (Å²) >= 11 is 5.81. The van der Waals surface area contributed by atoms with Crippen molar-refractivity contribution in [3.8, 4) is 0 Å². The second-order valence-corrected chi connectivity index (χ2v) is 3.48. The summed E-state index contributed by atoms with van der Waals surface area (Å²) in [5.74, 6) is 0.378. The third-order valence-corrected chi connectivity index (χ3v) is 2.36. The van der Waals surface area contributed by atoms with Crippen LogP contribution in [0.1, 0.15) is 11.5 Å². The maximum Gasteiger partial charge on any atom is 0.107 e. The first kappa shape index (κ1) is 8.58. The van der Waals surface area contributed by atoms with Crippen LogP contribution in [-0.2, 0) is 0 Å². The second kappa shape index (κ2) is 3.80. The van der Waals surface area contributed by atoms with Crippen molar-refractivity contribution < 1.29 is 0 Å². The number of hydrogen-bond acceptors (Lipinski definition) is 0. The lowest BCUT2D eigenvalue weighted by atomic mass is 9.95. The van der Waals surface area contributed by atoms with Gasteiger partial charge in [-0.25, -0.2) is 0 Å². The maximum absolute atomic E-state index is 5.81. The molecule has 0 saturated heterocycles. The van der Waals surface area contributed by atoms with Gasteiger partial charge in [0.25, 0.3) is 0 Å². The summed E-state index contributed by atoms with van der Waals surface area (Å²) in [4.78, 5) is 0. The van der Waals surface area contributed by atoms with Crippen LogP contribution in [0.4, 0.5) is 0 Å². The monoisotopic (exact) mass is 189 g/mol.